The smallest absolute Gasteiger partial charge is 0.250 e. The van der Waals surface area contributed by atoms with Crippen LogP contribution < -0.4 is 9.46 Å². The summed E-state index contributed by atoms with van der Waals surface area (Å²) < 4.78 is 32.4. The van der Waals surface area contributed by atoms with E-state index >= 15 is 0 Å². The zero-order valence-electron chi connectivity index (χ0n) is 13.1. The fraction of sp³-hybridized carbons (Fsp3) is 0.294. The van der Waals surface area contributed by atoms with Gasteiger partial charge in [0.25, 0.3) is 10.0 Å². The fourth-order valence-electron chi connectivity index (χ4n) is 1.84. The Morgan fingerprint density at radius 3 is 2.65 bits per heavy atom. The Kier molecular flexibility index (Phi) is 6.22. The number of ether oxygens (including phenoxy) is 1. The molecule has 0 radical (unpaired) electrons. The topological polar surface area (TPSA) is 55.4 Å². The number of hydrogen-bond donors (Lipinski definition) is 1. The van der Waals surface area contributed by atoms with Crippen molar-refractivity contribution in [3.8, 4) is 17.6 Å². The van der Waals surface area contributed by atoms with Gasteiger partial charge in [0.1, 0.15) is 16.6 Å². The molecule has 1 heterocycles. The summed E-state index contributed by atoms with van der Waals surface area (Å²) >= 11 is 1.28. The summed E-state index contributed by atoms with van der Waals surface area (Å²) in [6.07, 6.45) is 0.830. The average molecular weight is 349 g/mol. The van der Waals surface area contributed by atoms with E-state index in [0.29, 0.717) is 4.21 Å². The second kappa shape index (κ2) is 8.16. The van der Waals surface area contributed by atoms with Crippen LogP contribution in [0.1, 0.15) is 17.4 Å². The van der Waals surface area contributed by atoms with Crippen LogP contribution in [0.4, 0.5) is 0 Å². The highest BCUT2D eigenvalue weighted by atomic mass is 32.2. The molecule has 0 spiro atoms. The van der Waals surface area contributed by atoms with Crippen LogP contribution in [0.25, 0.3) is 0 Å². The monoisotopic (exact) mass is 349 g/mol. The maximum atomic E-state index is 12.1. The lowest BCUT2D eigenvalue weighted by Gasteiger charge is -2.04. The molecular weight excluding hydrogens is 330 g/mol. The molecule has 0 aliphatic rings. The highest BCUT2D eigenvalue weighted by molar-refractivity contribution is 7.91. The molecule has 0 saturated heterocycles. The predicted octanol–water partition coefficient (Wildman–Crippen LogP) is 2.98. The highest BCUT2D eigenvalue weighted by Crippen LogP contribution is 2.21. The van der Waals surface area contributed by atoms with E-state index in [1.54, 1.807) is 6.07 Å². The minimum Gasteiger partial charge on any atom is -0.481 e. The standard InChI is InChI=1S/C17H19NO3S2/c1-3-15-10-11-17(22-15)23(19,20)18-12-6-7-13-21-16-9-5-4-8-14(16)2/h4-5,8-11,18H,3,12-13H2,1-2H3. The first kappa shape index (κ1) is 17.5. The molecule has 2 aromatic rings. The van der Waals surface area contributed by atoms with Crippen LogP contribution in [0.3, 0.4) is 0 Å². The number of benzene rings is 1. The van der Waals surface area contributed by atoms with Gasteiger partial charge in [0.15, 0.2) is 0 Å². The van der Waals surface area contributed by atoms with Crippen molar-refractivity contribution >= 4 is 21.4 Å². The Morgan fingerprint density at radius 1 is 1.17 bits per heavy atom. The lowest BCUT2D eigenvalue weighted by atomic mass is 10.2. The largest absolute Gasteiger partial charge is 0.481 e. The normalized spacial score (nSPS) is 10.9. The Bertz CT molecular complexity index is 814. The molecule has 1 aromatic heterocycles. The number of thiophene rings is 1. The summed E-state index contributed by atoms with van der Waals surface area (Å²) in [7, 11) is -3.47. The molecule has 23 heavy (non-hydrogen) atoms. The van der Waals surface area contributed by atoms with Crippen LogP contribution >= 0.6 is 11.3 Å². The van der Waals surface area contributed by atoms with E-state index < -0.39 is 10.0 Å². The van der Waals surface area contributed by atoms with Gasteiger partial charge in [0.05, 0.1) is 6.54 Å². The molecule has 6 heteroatoms. The molecule has 2 rings (SSSR count). The van der Waals surface area contributed by atoms with Gasteiger partial charge in [-0.1, -0.05) is 37.0 Å². The summed E-state index contributed by atoms with van der Waals surface area (Å²) in [6, 6.07) is 11.1. The zero-order valence-corrected chi connectivity index (χ0v) is 14.8. The fourth-order valence-corrected chi connectivity index (χ4v) is 4.10. The van der Waals surface area contributed by atoms with E-state index in [0.717, 1.165) is 22.6 Å². The number of hydrogen-bond acceptors (Lipinski definition) is 4. The Hall–Kier alpha value is -1.81. The maximum absolute atomic E-state index is 12.1. The molecule has 122 valence electrons. The lowest BCUT2D eigenvalue weighted by molar-refractivity contribution is 0.367. The SMILES string of the molecule is CCc1ccc(S(=O)(=O)NCC#CCOc2ccccc2C)s1. The van der Waals surface area contributed by atoms with Crippen molar-refractivity contribution in [2.75, 3.05) is 13.2 Å². The minimum atomic E-state index is -3.47. The molecule has 0 bridgehead atoms. The molecule has 0 fully saturated rings. The van der Waals surface area contributed by atoms with Crippen LogP contribution in [-0.4, -0.2) is 21.6 Å². The van der Waals surface area contributed by atoms with Crippen LogP contribution in [0.5, 0.6) is 5.75 Å². The summed E-state index contributed by atoms with van der Waals surface area (Å²) in [5, 5.41) is 0. The van der Waals surface area contributed by atoms with Crippen molar-refractivity contribution in [3.05, 3.63) is 46.8 Å². The molecule has 0 amide bonds. The summed E-state index contributed by atoms with van der Waals surface area (Å²) in [5.41, 5.74) is 1.04. The van der Waals surface area contributed by atoms with Gasteiger partial charge in [-0.3, -0.25) is 0 Å². The Labute approximate surface area is 141 Å². The molecular formula is C17H19NO3S2. The first-order chi connectivity index (χ1) is 11.0. The van der Waals surface area contributed by atoms with Gasteiger partial charge in [-0.25, -0.2) is 8.42 Å². The van der Waals surface area contributed by atoms with Crippen LogP contribution in [0, 0.1) is 18.8 Å². The number of rotatable bonds is 6. The molecule has 1 aromatic carbocycles. The number of sulfonamides is 1. The van der Waals surface area contributed by atoms with Crippen LogP contribution in [0.15, 0.2) is 40.6 Å². The van der Waals surface area contributed by atoms with Crippen molar-refractivity contribution in [2.45, 2.75) is 24.5 Å². The van der Waals surface area contributed by atoms with Gasteiger partial charge in [0, 0.05) is 4.88 Å². The van der Waals surface area contributed by atoms with Crippen molar-refractivity contribution in [2.24, 2.45) is 0 Å². The van der Waals surface area contributed by atoms with E-state index in [1.165, 1.54) is 11.3 Å². The van der Waals surface area contributed by atoms with Gasteiger partial charge >= 0.3 is 0 Å². The van der Waals surface area contributed by atoms with Crippen molar-refractivity contribution in [3.63, 3.8) is 0 Å². The summed E-state index contributed by atoms with van der Waals surface area (Å²) in [5.74, 6) is 6.35. The molecule has 0 aliphatic carbocycles. The van der Waals surface area contributed by atoms with E-state index in [4.69, 9.17) is 4.74 Å². The van der Waals surface area contributed by atoms with Crippen LogP contribution in [-0.2, 0) is 16.4 Å². The number of para-hydroxylation sites is 1. The number of nitrogens with one attached hydrogen (secondary N) is 1. The molecule has 0 saturated carbocycles. The second-order valence-corrected chi connectivity index (χ2v) is 7.97. The van der Waals surface area contributed by atoms with Gasteiger partial charge < -0.3 is 4.74 Å². The van der Waals surface area contributed by atoms with Crippen molar-refractivity contribution in [1.82, 2.24) is 4.72 Å². The van der Waals surface area contributed by atoms with Gasteiger partial charge in [-0.2, -0.15) is 4.72 Å². The molecule has 0 aliphatic heterocycles. The predicted molar refractivity (Wildman–Crippen MR) is 93.3 cm³/mol. The summed E-state index contributed by atoms with van der Waals surface area (Å²) in [4.78, 5) is 1.04. The van der Waals surface area contributed by atoms with Gasteiger partial charge in [-0.05, 0) is 37.1 Å². The van der Waals surface area contributed by atoms with Gasteiger partial charge in [0.2, 0.25) is 0 Å². The third kappa shape index (κ3) is 5.10. The Morgan fingerprint density at radius 2 is 1.96 bits per heavy atom. The highest BCUT2D eigenvalue weighted by Gasteiger charge is 2.15. The quantitative estimate of drug-likeness (QED) is 0.816. The first-order valence-electron chi connectivity index (χ1n) is 7.25. The summed E-state index contributed by atoms with van der Waals surface area (Å²) in [6.45, 7) is 4.25. The molecule has 0 unspecified atom stereocenters. The van der Waals surface area contributed by atoms with Crippen molar-refractivity contribution in [1.29, 1.82) is 0 Å². The van der Waals surface area contributed by atoms with Gasteiger partial charge in [-0.15, -0.1) is 11.3 Å². The second-order valence-electron chi connectivity index (χ2n) is 4.81. The molecule has 4 nitrogen and oxygen atoms in total. The first-order valence-corrected chi connectivity index (χ1v) is 9.55. The van der Waals surface area contributed by atoms with E-state index in [2.05, 4.69) is 16.6 Å². The lowest BCUT2D eigenvalue weighted by Crippen LogP contribution is -2.23. The third-order valence-electron chi connectivity index (χ3n) is 3.12. The molecule has 0 atom stereocenters. The number of aryl methyl sites for hydroxylation is 2. The molecule has 1 N–H and O–H groups in total. The van der Waals surface area contributed by atoms with E-state index in [1.807, 2.05) is 44.2 Å². The Balaban J connectivity index is 1.82. The zero-order chi connectivity index (χ0) is 16.7. The van der Waals surface area contributed by atoms with Crippen molar-refractivity contribution < 1.29 is 13.2 Å². The van der Waals surface area contributed by atoms with E-state index in [-0.39, 0.29) is 13.2 Å². The minimum absolute atomic E-state index is 0.0683. The average Bonchev–Trinajstić information content (AvgIpc) is 3.02. The third-order valence-corrected chi connectivity index (χ3v) is 6.24. The maximum Gasteiger partial charge on any atom is 0.250 e. The van der Waals surface area contributed by atoms with Crippen LogP contribution in [0.2, 0.25) is 0 Å². The van der Waals surface area contributed by atoms with E-state index in [9.17, 15) is 8.42 Å².